The molecule has 2 aliphatic rings. The molecule has 5 heteroatoms. The molecule has 1 saturated heterocycles. The van der Waals surface area contributed by atoms with E-state index in [-0.39, 0.29) is 0 Å². The van der Waals surface area contributed by atoms with Crippen molar-refractivity contribution in [2.45, 2.75) is 32.6 Å². The predicted molar refractivity (Wildman–Crippen MR) is 88.3 cm³/mol. The number of nitrogens with one attached hydrogen (secondary N) is 1. The van der Waals surface area contributed by atoms with Crippen LogP contribution in [0.1, 0.15) is 30.2 Å². The van der Waals surface area contributed by atoms with Crippen LogP contribution in [0.15, 0.2) is 6.33 Å². The molecule has 4 nitrogen and oxygen atoms in total. The summed E-state index contributed by atoms with van der Waals surface area (Å²) in [5.41, 5.74) is 2.73. The normalized spacial score (nSPS) is 23.1. The summed E-state index contributed by atoms with van der Waals surface area (Å²) >= 11 is 1.94. The van der Waals surface area contributed by atoms with Crippen LogP contribution in [0.2, 0.25) is 0 Å². The maximum atomic E-state index is 4.63. The lowest BCUT2D eigenvalue weighted by molar-refractivity contribution is 0.508. The molecule has 1 unspecified atom stereocenters. The first kappa shape index (κ1) is 13.5. The third-order valence-corrected chi connectivity index (χ3v) is 5.97. The summed E-state index contributed by atoms with van der Waals surface area (Å²) in [5.74, 6) is 1.95. The van der Waals surface area contributed by atoms with Gasteiger partial charge in [-0.05, 0) is 43.7 Å². The number of hydrogen-bond donors (Lipinski definition) is 1. The molecule has 0 saturated carbocycles. The lowest BCUT2D eigenvalue weighted by atomic mass is 9.89. The molecule has 0 aromatic carbocycles. The molecule has 0 spiro atoms. The molecular weight excluding hydrogens is 280 g/mol. The maximum absolute atomic E-state index is 4.63. The van der Waals surface area contributed by atoms with Crippen LogP contribution in [0.25, 0.3) is 10.2 Å². The van der Waals surface area contributed by atoms with Crippen molar-refractivity contribution in [1.29, 1.82) is 0 Å². The number of rotatable bonds is 1. The molecule has 1 aliphatic heterocycles. The van der Waals surface area contributed by atoms with Gasteiger partial charge < -0.3 is 10.2 Å². The Morgan fingerprint density at radius 1 is 1.29 bits per heavy atom. The minimum Gasteiger partial charge on any atom is -0.354 e. The number of aromatic nitrogens is 2. The average Bonchev–Trinajstić information content (AvgIpc) is 2.69. The van der Waals surface area contributed by atoms with Crippen molar-refractivity contribution in [3.05, 3.63) is 16.8 Å². The van der Waals surface area contributed by atoms with Crippen LogP contribution in [-0.2, 0) is 12.8 Å². The van der Waals surface area contributed by atoms with Crippen LogP contribution in [0.3, 0.4) is 0 Å². The number of nitrogens with zero attached hydrogens (tertiary/aromatic N) is 3. The van der Waals surface area contributed by atoms with Crippen molar-refractivity contribution in [1.82, 2.24) is 15.3 Å². The van der Waals surface area contributed by atoms with Gasteiger partial charge in [0.05, 0.1) is 10.2 Å². The molecule has 1 N–H and O–H groups in total. The first-order valence-corrected chi connectivity index (χ1v) is 8.85. The molecule has 0 bridgehead atoms. The van der Waals surface area contributed by atoms with Gasteiger partial charge in [0.1, 0.15) is 12.1 Å². The highest BCUT2D eigenvalue weighted by atomic mass is 32.1. The monoisotopic (exact) mass is 302 g/mol. The van der Waals surface area contributed by atoms with Crippen molar-refractivity contribution < 1.29 is 0 Å². The first-order valence-electron chi connectivity index (χ1n) is 8.04. The summed E-state index contributed by atoms with van der Waals surface area (Å²) in [5, 5.41) is 3.47. The van der Waals surface area contributed by atoms with Crippen molar-refractivity contribution in [3.63, 3.8) is 0 Å². The number of aryl methyl sites for hydroxylation is 1. The van der Waals surface area contributed by atoms with E-state index in [9.17, 15) is 0 Å². The minimum atomic E-state index is 0.788. The third-order valence-electron chi connectivity index (χ3n) is 4.69. The van der Waals surface area contributed by atoms with Crippen molar-refractivity contribution >= 4 is 27.4 Å². The van der Waals surface area contributed by atoms with Crippen LogP contribution < -0.4 is 10.2 Å². The second kappa shape index (κ2) is 5.54. The Kier molecular flexibility index (Phi) is 3.55. The van der Waals surface area contributed by atoms with Gasteiger partial charge in [0.15, 0.2) is 0 Å². The molecule has 4 rings (SSSR count). The van der Waals surface area contributed by atoms with E-state index in [1.54, 1.807) is 11.2 Å². The molecule has 1 atom stereocenters. The molecule has 3 heterocycles. The molecule has 1 fully saturated rings. The lowest BCUT2D eigenvalue weighted by Gasteiger charge is -2.21. The topological polar surface area (TPSA) is 41.0 Å². The number of anilines is 1. The quantitative estimate of drug-likeness (QED) is 0.879. The summed E-state index contributed by atoms with van der Waals surface area (Å²) in [6.07, 6.45) is 6.68. The van der Waals surface area contributed by atoms with Crippen molar-refractivity contribution in [2.24, 2.45) is 5.92 Å². The Balaban J connectivity index is 1.79. The Hall–Kier alpha value is -1.20. The van der Waals surface area contributed by atoms with Gasteiger partial charge in [0, 0.05) is 24.5 Å². The van der Waals surface area contributed by atoms with E-state index >= 15 is 0 Å². The standard InChI is InChI=1S/C16H22N4S/c1-11-3-4-13-12(9-11)14-15(21-13)16(19-10-18-14)20-7-2-5-17-6-8-20/h10-11,17H,2-9H2,1H3. The summed E-state index contributed by atoms with van der Waals surface area (Å²) in [4.78, 5) is 13.3. The maximum Gasteiger partial charge on any atom is 0.150 e. The molecule has 0 amide bonds. The Morgan fingerprint density at radius 3 is 3.19 bits per heavy atom. The van der Waals surface area contributed by atoms with E-state index < -0.39 is 0 Å². The highest BCUT2D eigenvalue weighted by Gasteiger charge is 2.24. The fraction of sp³-hybridized carbons (Fsp3) is 0.625. The first-order chi connectivity index (χ1) is 10.3. The molecule has 21 heavy (non-hydrogen) atoms. The lowest BCUT2D eigenvalue weighted by Crippen LogP contribution is -2.28. The van der Waals surface area contributed by atoms with Gasteiger partial charge in [-0.2, -0.15) is 0 Å². The molecule has 2 aromatic heterocycles. The highest BCUT2D eigenvalue weighted by Crippen LogP contribution is 2.40. The fourth-order valence-electron chi connectivity index (χ4n) is 3.51. The van der Waals surface area contributed by atoms with E-state index in [0.29, 0.717) is 0 Å². The number of thiophene rings is 1. The van der Waals surface area contributed by atoms with Gasteiger partial charge in [-0.15, -0.1) is 11.3 Å². The highest BCUT2D eigenvalue weighted by molar-refractivity contribution is 7.19. The van der Waals surface area contributed by atoms with E-state index in [0.717, 1.165) is 37.9 Å². The minimum absolute atomic E-state index is 0.788. The Labute approximate surface area is 129 Å². The van der Waals surface area contributed by atoms with Crippen LogP contribution in [-0.4, -0.2) is 36.1 Å². The number of hydrogen-bond acceptors (Lipinski definition) is 5. The molecular formula is C16H22N4S. The molecule has 112 valence electrons. The third kappa shape index (κ3) is 2.42. The summed E-state index contributed by atoms with van der Waals surface area (Å²) in [6, 6.07) is 0. The van der Waals surface area contributed by atoms with E-state index in [1.807, 2.05) is 11.3 Å². The SMILES string of the molecule is CC1CCc2sc3c(N4CCCNCC4)ncnc3c2C1. The van der Waals surface area contributed by atoms with Crippen molar-refractivity contribution in [2.75, 3.05) is 31.1 Å². The van der Waals surface area contributed by atoms with Gasteiger partial charge in [-0.25, -0.2) is 9.97 Å². The van der Waals surface area contributed by atoms with E-state index in [1.165, 1.54) is 41.5 Å². The number of fused-ring (bicyclic) bond motifs is 3. The van der Waals surface area contributed by atoms with Crippen LogP contribution in [0, 0.1) is 5.92 Å². The zero-order valence-electron chi connectivity index (χ0n) is 12.6. The van der Waals surface area contributed by atoms with Gasteiger partial charge >= 0.3 is 0 Å². The second-order valence-electron chi connectivity index (χ2n) is 6.32. The summed E-state index contributed by atoms with van der Waals surface area (Å²) < 4.78 is 1.32. The Bertz CT molecular complexity index is 643. The van der Waals surface area contributed by atoms with Gasteiger partial charge in [-0.1, -0.05) is 6.92 Å². The van der Waals surface area contributed by atoms with E-state index in [4.69, 9.17) is 0 Å². The molecule has 0 radical (unpaired) electrons. The smallest absolute Gasteiger partial charge is 0.150 e. The van der Waals surface area contributed by atoms with E-state index in [2.05, 4.69) is 27.1 Å². The molecule has 2 aromatic rings. The molecule has 1 aliphatic carbocycles. The van der Waals surface area contributed by atoms with Crippen LogP contribution in [0.4, 0.5) is 5.82 Å². The van der Waals surface area contributed by atoms with Crippen molar-refractivity contribution in [3.8, 4) is 0 Å². The summed E-state index contributed by atoms with van der Waals surface area (Å²) in [7, 11) is 0. The van der Waals surface area contributed by atoms with Crippen LogP contribution in [0.5, 0.6) is 0 Å². The summed E-state index contributed by atoms with van der Waals surface area (Å²) in [6.45, 7) is 6.66. The zero-order chi connectivity index (χ0) is 14.2. The Morgan fingerprint density at radius 2 is 2.24 bits per heavy atom. The average molecular weight is 302 g/mol. The van der Waals surface area contributed by atoms with Gasteiger partial charge in [0.25, 0.3) is 0 Å². The van der Waals surface area contributed by atoms with Gasteiger partial charge in [0.2, 0.25) is 0 Å². The van der Waals surface area contributed by atoms with Gasteiger partial charge in [-0.3, -0.25) is 0 Å². The largest absolute Gasteiger partial charge is 0.354 e. The zero-order valence-corrected chi connectivity index (χ0v) is 13.4. The van der Waals surface area contributed by atoms with Crippen LogP contribution >= 0.6 is 11.3 Å². The second-order valence-corrected chi connectivity index (χ2v) is 7.42. The fourth-order valence-corrected chi connectivity index (χ4v) is 4.83. The predicted octanol–water partition coefficient (Wildman–Crippen LogP) is 2.62.